The highest BCUT2D eigenvalue weighted by molar-refractivity contribution is 5.78. The largest absolute Gasteiger partial charge is 0.497 e. The molecule has 1 fully saturated rings. The van der Waals surface area contributed by atoms with Crippen molar-refractivity contribution < 1.29 is 9.53 Å². The molecule has 4 heteroatoms. The third-order valence-electron chi connectivity index (χ3n) is 4.52. The van der Waals surface area contributed by atoms with Crippen LogP contribution in [0.3, 0.4) is 0 Å². The normalized spacial score (nSPS) is 16.9. The Labute approximate surface area is 143 Å². The molecule has 2 aromatic carbocycles. The number of amides is 1. The van der Waals surface area contributed by atoms with Gasteiger partial charge >= 0.3 is 0 Å². The van der Waals surface area contributed by atoms with Crippen LogP contribution in [0, 0.1) is 0 Å². The van der Waals surface area contributed by atoms with Crippen LogP contribution in [0.15, 0.2) is 54.6 Å². The summed E-state index contributed by atoms with van der Waals surface area (Å²) >= 11 is 0. The number of ether oxygens (including phenoxy) is 1. The van der Waals surface area contributed by atoms with Crippen LogP contribution in [0.5, 0.6) is 5.75 Å². The molecule has 0 saturated carbocycles. The van der Waals surface area contributed by atoms with Crippen LogP contribution in [-0.4, -0.2) is 32.1 Å². The number of carbonyl (C=O) groups is 1. The lowest BCUT2D eigenvalue weighted by Gasteiger charge is -2.27. The molecule has 24 heavy (non-hydrogen) atoms. The molecule has 0 spiro atoms. The number of benzene rings is 2. The zero-order chi connectivity index (χ0) is 16.8. The van der Waals surface area contributed by atoms with Gasteiger partial charge in [-0.15, -0.1) is 0 Å². The molecule has 0 radical (unpaired) electrons. The maximum absolute atomic E-state index is 12.2. The van der Waals surface area contributed by atoms with Gasteiger partial charge in [-0.2, -0.15) is 0 Å². The number of rotatable bonds is 6. The number of nitrogens with zero attached hydrogens (tertiary/aromatic N) is 1. The Hall–Kier alpha value is -2.49. The summed E-state index contributed by atoms with van der Waals surface area (Å²) in [7, 11) is 1.64. The Balaban J connectivity index is 1.51. The van der Waals surface area contributed by atoms with Crippen molar-refractivity contribution in [3.63, 3.8) is 0 Å². The van der Waals surface area contributed by atoms with Crippen LogP contribution < -0.4 is 15.0 Å². The number of methoxy groups -OCH3 is 1. The van der Waals surface area contributed by atoms with Crippen LogP contribution in [0.2, 0.25) is 0 Å². The molecule has 1 amide bonds. The second-order valence-electron chi connectivity index (χ2n) is 6.15. The molecule has 0 aliphatic carbocycles. The van der Waals surface area contributed by atoms with Crippen molar-refractivity contribution in [2.24, 2.45) is 0 Å². The summed E-state index contributed by atoms with van der Waals surface area (Å²) in [5.74, 6) is 0.878. The van der Waals surface area contributed by atoms with Crippen LogP contribution in [0.1, 0.15) is 18.4 Å². The van der Waals surface area contributed by atoms with Gasteiger partial charge in [-0.25, -0.2) is 0 Å². The monoisotopic (exact) mass is 324 g/mol. The lowest BCUT2D eigenvalue weighted by Crippen LogP contribution is -2.40. The van der Waals surface area contributed by atoms with Gasteiger partial charge in [0.25, 0.3) is 0 Å². The van der Waals surface area contributed by atoms with Gasteiger partial charge in [0.05, 0.1) is 13.5 Å². The number of anilines is 1. The summed E-state index contributed by atoms with van der Waals surface area (Å²) in [5.41, 5.74) is 2.24. The highest BCUT2D eigenvalue weighted by Gasteiger charge is 2.24. The average Bonchev–Trinajstić information content (AvgIpc) is 3.10. The fourth-order valence-corrected chi connectivity index (χ4v) is 3.23. The number of para-hydroxylation sites is 1. The Bertz CT molecular complexity index is 655. The first kappa shape index (κ1) is 16.4. The smallest absolute Gasteiger partial charge is 0.224 e. The molecular weight excluding hydrogens is 300 g/mol. The summed E-state index contributed by atoms with van der Waals surface area (Å²) < 4.78 is 5.14. The second-order valence-corrected chi connectivity index (χ2v) is 6.15. The fraction of sp³-hybridized carbons (Fsp3) is 0.350. The SMILES string of the molecule is COc1ccc(CC(=O)NCC2CCCN2c2ccccc2)cc1. The van der Waals surface area contributed by atoms with Crippen molar-refractivity contribution in [2.75, 3.05) is 25.1 Å². The third-order valence-corrected chi connectivity index (χ3v) is 4.52. The lowest BCUT2D eigenvalue weighted by molar-refractivity contribution is -0.120. The first-order valence-electron chi connectivity index (χ1n) is 8.47. The topological polar surface area (TPSA) is 41.6 Å². The lowest BCUT2D eigenvalue weighted by atomic mass is 10.1. The van der Waals surface area contributed by atoms with E-state index in [4.69, 9.17) is 4.74 Å². The van der Waals surface area contributed by atoms with Crippen molar-refractivity contribution in [1.29, 1.82) is 0 Å². The summed E-state index contributed by atoms with van der Waals surface area (Å²) in [5, 5.41) is 3.09. The van der Waals surface area contributed by atoms with Gasteiger partial charge in [-0.3, -0.25) is 4.79 Å². The highest BCUT2D eigenvalue weighted by atomic mass is 16.5. The van der Waals surface area contributed by atoms with E-state index in [0.717, 1.165) is 24.3 Å². The van der Waals surface area contributed by atoms with Gasteiger partial charge in [0.15, 0.2) is 0 Å². The first-order valence-corrected chi connectivity index (χ1v) is 8.47. The molecule has 4 nitrogen and oxygen atoms in total. The van der Waals surface area contributed by atoms with Gasteiger partial charge in [-0.05, 0) is 42.7 Å². The maximum atomic E-state index is 12.2. The second kappa shape index (κ2) is 7.86. The molecule has 0 aromatic heterocycles. The van der Waals surface area contributed by atoms with Gasteiger partial charge in [0, 0.05) is 24.8 Å². The quantitative estimate of drug-likeness (QED) is 0.888. The van der Waals surface area contributed by atoms with E-state index in [9.17, 15) is 4.79 Å². The molecule has 0 bridgehead atoms. The Morgan fingerprint density at radius 2 is 1.92 bits per heavy atom. The standard InChI is InChI=1S/C20H24N2O2/c1-24-19-11-9-16(10-12-19)14-20(23)21-15-18-8-5-13-22(18)17-6-3-2-4-7-17/h2-4,6-7,9-12,18H,5,8,13-15H2,1H3,(H,21,23). The number of hydrogen-bond donors (Lipinski definition) is 1. The molecular formula is C20H24N2O2. The molecule has 1 aliphatic rings. The van der Waals surface area contributed by atoms with Crippen LogP contribution in [-0.2, 0) is 11.2 Å². The molecule has 3 rings (SSSR count). The number of nitrogens with one attached hydrogen (secondary N) is 1. The fourth-order valence-electron chi connectivity index (χ4n) is 3.23. The summed E-state index contributed by atoms with van der Waals surface area (Å²) in [6.07, 6.45) is 2.70. The minimum atomic E-state index is 0.0695. The zero-order valence-electron chi connectivity index (χ0n) is 14.1. The van der Waals surface area contributed by atoms with E-state index in [1.54, 1.807) is 7.11 Å². The zero-order valence-corrected chi connectivity index (χ0v) is 14.1. The summed E-state index contributed by atoms with van der Waals surface area (Å²) in [6.45, 7) is 1.76. The molecule has 1 N–H and O–H groups in total. The number of hydrogen-bond acceptors (Lipinski definition) is 3. The van der Waals surface area contributed by atoms with E-state index < -0.39 is 0 Å². The van der Waals surface area contributed by atoms with Crippen molar-refractivity contribution >= 4 is 11.6 Å². The van der Waals surface area contributed by atoms with Crippen molar-refractivity contribution in [1.82, 2.24) is 5.32 Å². The van der Waals surface area contributed by atoms with Gasteiger partial charge in [-0.1, -0.05) is 30.3 Å². The predicted molar refractivity (Wildman–Crippen MR) is 96.5 cm³/mol. The minimum absolute atomic E-state index is 0.0695. The summed E-state index contributed by atoms with van der Waals surface area (Å²) in [4.78, 5) is 14.6. The van der Waals surface area contributed by atoms with Crippen LogP contribution in [0.4, 0.5) is 5.69 Å². The minimum Gasteiger partial charge on any atom is -0.497 e. The molecule has 1 heterocycles. The van der Waals surface area contributed by atoms with E-state index in [2.05, 4.69) is 34.5 Å². The Kier molecular flexibility index (Phi) is 5.36. The predicted octanol–water partition coefficient (Wildman–Crippen LogP) is 3.02. The van der Waals surface area contributed by atoms with Crippen LogP contribution >= 0.6 is 0 Å². The molecule has 1 unspecified atom stereocenters. The number of carbonyl (C=O) groups excluding carboxylic acids is 1. The van der Waals surface area contributed by atoms with Crippen molar-refractivity contribution in [3.8, 4) is 5.75 Å². The average molecular weight is 324 g/mol. The van der Waals surface area contributed by atoms with Gasteiger partial charge < -0.3 is 15.0 Å². The summed E-state index contributed by atoms with van der Waals surface area (Å²) in [6, 6.07) is 18.5. The van der Waals surface area contributed by atoms with Crippen molar-refractivity contribution in [3.05, 3.63) is 60.2 Å². The third kappa shape index (κ3) is 4.07. The molecule has 1 aliphatic heterocycles. The Morgan fingerprint density at radius 3 is 2.62 bits per heavy atom. The van der Waals surface area contributed by atoms with Gasteiger partial charge in [0.2, 0.25) is 5.91 Å². The van der Waals surface area contributed by atoms with E-state index in [0.29, 0.717) is 19.0 Å². The van der Waals surface area contributed by atoms with Gasteiger partial charge in [0.1, 0.15) is 5.75 Å². The highest BCUT2D eigenvalue weighted by Crippen LogP contribution is 2.24. The van der Waals surface area contributed by atoms with E-state index >= 15 is 0 Å². The van der Waals surface area contributed by atoms with E-state index in [-0.39, 0.29) is 5.91 Å². The van der Waals surface area contributed by atoms with E-state index in [1.807, 2.05) is 30.3 Å². The maximum Gasteiger partial charge on any atom is 0.224 e. The molecule has 1 saturated heterocycles. The Morgan fingerprint density at radius 1 is 1.17 bits per heavy atom. The molecule has 2 aromatic rings. The molecule has 1 atom stereocenters. The first-order chi connectivity index (χ1) is 11.8. The molecule has 126 valence electrons. The van der Waals surface area contributed by atoms with E-state index in [1.165, 1.54) is 12.1 Å². The van der Waals surface area contributed by atoms with Crippen molar-refractivity contribution in [2.45, 2.75) is 25.3 Å². The van der Waals surface area contributed by atoms with Crippen LogP contribution in [0.25, 0.3) is 0 Å².